The quantitative estimate of drug-likeness (QED) is 0.722. The molecule has 0 bridgehead atoms. The SMILES string of the molecule is CN(Cc1nnc2n1CCC2)C(=O)CCCOc1ccccc1Cl. The molecule has 1 amide bonds. The molecule has 0 atom stereocenters. The number of hydrogen-bond donors (Lipinski definition) is 0. The monoisotopic (exact) mass is 348 g/mol. The van der Waals surface area contributed by atoms with Crippen LogP contribution in [0.4, 0.5) is 0 Å². The van der Waals surface area contributed by atoms with Crippen LogP contribution in [-0.2, 0) is 24.3 Å². The van der Waals surface area contributed by atoms with Gasteiger partial charge in [-0.25, -0.2) is 0 Å². The highest BCUT2D eigenvalue weighted by molar-refractivity contribution is 6.32. The predicted octanol–water partition coefficient (Wildman–Crippen LogP) is 2.70. The van der Waals surface area contributed by atoms with Gasteiger partial charge >= 0.3 is 0 Å². The van der Waals surface area contributed by atoms with E-state index in [2.05, 4.69) is 14.8 Å². The highest BCUT2D eigenvalue weighted by Gasteiger charge is 2.19. The molecular weight excluding hydrogens is 328 g/mol. The van der Waals surface area contributed by atoms with Crippen LogP contribution in [0, 0.1) is 0 Å². The summed E-state index contributed by atoms with van der Waals surface area (Å²) in [6.07, 6.45) is 3.16. The predicted molar refractivity (Wildman–Crippen MR) is 91.0 cm³/mol. The Labute approximate surface area is 146 Å². The number of benzene rings is 1. The second-order valence-corrected chi connectivity index (χ2v) is 6.33. The zero-order valence-electron chi connectivity index (χ0n) is 13.7. The van der Waals surface area contributed by atoms with Gasteiger partial charge in [0.1, 0.15) is 11.6 Å². The Kier molecular flexibility index (Phi) is 5.35. The lowest BCUT2D eigenvalue weighted by Crippen LogP contribution is -2.27. The summed E-state index contributed by atoms with van der Waals surface area (Å²) in [4.78, 5) is 13.9. The van der Waals surface area contributed by atoms with E-state index in [0.717, 1.165) is 31.0 Å². The van der Waals surface area contributed by atoms with Crippen LogP contribution in [0.1, 0.15) is 30.9 Å². The lowest BCUT2D eigenvalue weighted by Gasteiger charge is -2.17. The van der Waals surface area contributed by atoms with Crippen molar-refractivity contribution in [2.45, 2.75) is 38.8 Å². The summed E-state index contributed by atoms with van der Waals surface area (Å²) in [6, 6.07) is 7.33. The van der Waals surface area contributed by atoms with Gasteiger partial charge in [-0.3, -0.25) is 4.79 Å². The van der Waals surface area contributed by atoms with Crippen molar-refractivity contribution >= 4 is 17.5 Å². The molecule has 24 heavy (non-hydrogen) atoms. The van der Waals surface area contributed by atoms with Gasteiger partial charge in [0.25, 0.3) is 0 Å². The molecule has 0 saturated heterocycles. The topological polar surface area (TPSA) is 60.2 Å². The zero-order valence-corrected chi connectivity index (χ0v) is 14.5. The molecule has 0 aliphatic carbocycles. The minimum absolute atomic E-state index is 0.0769. The molecule has 1 aromatic carbocycles. The van der Waals surface area contributed by atoms with Crippen LogP contribution in [0.15, 0.2) is 24.3 Å². The van der Waals surface area contributed by atoms with Crippen LogP contribution in [0.2, 0.25) is 5.02 Å². The summed E-state index contributed by atoms with van der Waals surface area (Å²) in [7, 11) is 1.80. The fourth-order valence-electron chi connectivity index (χ4n) is 2.79. The number of amides is 1. The van der Waals surface area contributed by atoms with Gasteiger partial charge in [-0.05, 0) is 25.0 Å². The average Bonchev–Trinajstić information content (AvgIpc) is 3.18. The van der Waals surface area contributed by atoms with Gasteiger partial charge in [-0.1, -0.05) is 23.7 Å². The highest BCUT2D eigenvalue weighted by atomic mass is 35.5. The average molecular weight is 349 g/mol. The maximum Gasteiger partial charge on any atom is 0.222 e. The number of aryl methyl sites for hydroxylation is 1. The van der Waals surface area contributed by atoms with Gasteiger partial charge < -0.3 is 14.2 Å². The fourth-order valence-corrected chi connectivity index (χ4v) is 2.98. The van der Waals surface area contributed by atoms with Crippen molar-refractivity contribution in [2.75, 3.05) is 13.7 Å². The number of ether oxygens (including phenoxy) is 1. The maximum atomic E-state index is 12.2. The van der Waals surface area contributed by atoms with Crippen LogP contribution < -0.4 is 4.74 Å². The first kappa shape index (κ1) is 16.8. The number of carbonyl (C=O) groups is 1. The Hall–Kier alpha value is -2.08. The smallest absolute Gasteiger partial charge is 0.222 e. The van der Waals surface area contributed by atoms with E-state index in [1.54, 1.807) is 18.0 Å². The summed E-state index contributed by atoms with van der Waals surface area (Å²) < 4.78 is 7.72. The Balaban J connectivity index is 1.42. The number of nitrogens with zero attached hydrogens (tertiary/aromatic N) is 4. The molecule has 1 aromatic heterocycles. The van der Waals surface area contributed by atoms with Crippen molar-refractivity contribution in [2.24, 2.45) is 0 Å². The largest absolute Gasteiger partial charge is 0.492 e. The zero-order chi connectivity index (χ0) is 16.9. The van der Waals surface area contributed by atoms with E-state index in [1.807, 2.05) is 18.2 Å². The van der Waals surface area contributed by atoms with Crippen LogP contribution in [0.3, 0.4) is 0 Å². The summed E-state index contributed by atoms with van der Waals surface area (Å²) in [5, 5.41) is 8.94. The normalized spacial score (nSPS) is 12.9. The van der Waals surface area contributed by atoms with E-state index < -0.39 is 0 Å². The van der Waals surface area contributed by atoms with Gasteiger partial charge in [0, 0.05) is 26.4 Å². The number of aromatic nitrogens is 3. The Morgan fingerprint density at radius 3 is 3.04 bits per heavy atom. The van der Waals surface area contributed by atoms with Gasteiger partial charge in [-0.2, -0.15) is 0 Å². The molecule has 0 saturated carbocycles. The second-order valence-electron chi connectivity index (χ2n) is 5.92. The first-order chi connectivity index (χ1) is 11.6. The molecule has 0 unspecified atom stereocenters. The molecule has 2 aromatic rings. The minimum Gasteiger partial charge on any atom is -0.492 e. The van der Waals surface area contributed by atoms with Crippen molar-refractivity contribution in [3.05, 3.63) is 40.9 Å². The Morgan fingerprint density at radius 1 is 1.38 bits per heavy atom. The Bertz CT molecular complexity index is 716. The number of para-hydroxylation sites is 1. The van der Waals surface area contributed by atoms with Gasteiger partial charge in [0.05, 0.1) is 18.2 Å². The van der Waals surface area contributed by atoms with E-state index in [-0.39, 0.29) is 5.91 Å². The molecule has 0 spiro atoms. The summed E-state index contributed by atoms with van der Waals surface area (Å²) in [5.41, 5.74) is 0. The second kappa shape index (κ2) is 7.66. The van der Waals surface area contributed by atoms with E-state index >= 15 is 0 Å². The maximum absolute atomic E-state index is 12.2. The molecule has 3 rings (SSSR count). The number of carbonyl (C=O) groups excluding carboxylic acids is 1. The highest BCUT2D eigenvalue weighted by Crippen LogP contribution is 2.23. The van der Waals surface area contributed by atoms with Crippen molar-refractivity contribution in [1.29, 1.82) is 0 Å². The summed E-state index contributed by atoms with van der Waals surface area (Å²) in [6.45, 7) is 1.91. The third-order valence-electron chi connectivity index (χ3n) is 4.12. The number of fused-ring (bicyclic) bond motifs is 1. The minimum atomic E-state index is 0.0769. The van der Waals surface area contributed by atoms with Crippen LogP contribution in [0.25, 0.3) is 0 Å². The molecular formula is C17H21ClN4O2. The van der Waals surface area contributed by atoms with Crippen LogP contribution in [0.5, 0.6) is 5.75 Å². The molecule has 6 nitrogen and oxygen atoms in total. The van der Waals surface area contributed by atoms with E-state index in [0.29, 0.717) is 36.8 Å². The standard InChI is InChI=1S/C17H21ClN4O2/c1-21(12-16-20-19-15-8-4-10-22(15)16)17(23)9-5-11-24-14-7-3-2-6-13(14)18/h2-3,6-7H,4-5,8-12H2,1H3. The number of hydrogen-bond acceptors (Lipinski definition) is 4. The third-order valence-corrected chi connectivity index (χ3v) is 4.43. The lowest BCUT2D eigenvalue weighted by atomic mass is 10.3. The molecule has 1 aliphatic heterocycles. The molecule has 0 N–H and O–H groups in total. The van der Waals surface area contributed by atoms with Crippen molar-refractivity contribution in [3.63, 3.8) is 0 Å². The van der Waals surface area contributed by atoms with Gasteiger partial charge in [0.2, 0.25) is 5.91 Å². The molecule has 7 heteroatoms. The van der Waals surface area contributed by atoms with Crippen molar-refractivity contribution in [1.82, 2.24) is 19.7 Å². The molecule has 0 radical (unpaired) electrons. The first-order valence-electron chi connectivity index (χ1n) is 8.17. The van der Waals surface area contributed by atoms with E-state index in [9.17, 15) is 4.79 Å². The van der Waals surface area contributed by atoms with Crippen molar-refractivity contribution in [3.8, 4) is 5.75 Å². The molecule has 128 valence electrons. The summed E-state index contributed by atoms with van der Waals surface area (Å²) in [5.74, 6) is 2.62. The fraction of sp³-hybridized carbons (Fsp3) is 0.471. The van der Waals surface area contributed by atoms with Crippen LogP contribution >= 0.6 is 11.6 Å². The first-order valence-corrected chi connectivity index (χ1v) is 8.55. The Morgan fingerprint density at radius 2 is 2.21 bits per heavy atom. The lowest BCUT2D eigenvalue weighted by molar-refractivity contribution is -0.130. The molecule has 0 fully saturated rings. The van der Waals surface area contributed by atoms with E-state index in [4.69, 9.17) is 16.3 Å². The molecule has 1 aliphatic rings. The van der Waals surface area contributed by atoms with Gasteiger partial charge in [0.15, 0.2) is 5.82 Å². The third kappa shape index (κ3) is 3.87. The van der Waals surface area contributed by atoms with Crippen LogP contribution in [-0.4, -0.2) is 39.2 Å². The number of rotatable bonds is 7. The van der Waals surface area contributed by atoms with E-state index in [1.165, 1.54) is 0 Å². The summed E-state index contributed by atoms with van der Waals surface area (Å²) >= 11 is 6.03. The van der Waals surface area contributed by atoms with Gasteiger partial charge in [-0.15, -0.1) is 10.2 Å². The molecule has 2 heterocycles. The van der Waals surface area contributed by atoms with Crippen molar-refractivity contribution < 1.29 is 9.53 Å². The number of halogens is 1.